The van der Waals surface area contributed by atoms with Crippen molar-refractivity contribution in [3.8, 4) is 11.5 Å². The maximum Gasteiger partial charge on any atom is 0.281 e. The molecule has 0 radical (unpaired) electrons. The van der Waals surface area contributed by atoms with Crippen LogP contribution >= 0.6 is 0 Å². The van der Waals surface area contributed by atoms with E-state index in [0.717, 1.165) is 13.0 Å². The van der Waals surface area contributed by atoms with Gasteiger partial charge in [0.25, 0.3) is 15.9 Å². The average molecular weight is 524 g/mol. The summed E-state index contributed by atoms with van der Waals surface area (Å²) in [7, 11) is -4.26. The molecule has 11 heteroatoms. The topological polar surface area (TPSA) is 123 Å². The van der Waals surface area contributed by atoms with Crippen molar-refractivity contribution in [2.24, 2.45) is 5.92 Å². The first kappa shape index (κ1) is 24.8. The Morgan fingerprint density at radius 2 is 1.86 bits per heavy atom. The van der Waals surface area contributed by atoms with E-state index in [4.69, 9.17) is 9.47 Å². The van der Waals surface area contributed by atoms with Gasteiger partial charge in [-0.15, -0.1) is 0 Å². The van der Waals surface area contributed by atoms with Crippen LogP contribution in [-0.2, 0) is 10.0 Å². The molecule has 1 amide bonds. The van der Waals surface area contributed by atoms with Gasteiger partial charge >= 0.3 is 0 Å². The zero-order valence-corrected chi connectivity index (χ0v) is 21.7. The van der Waals surface area contributed by atoms with Crippen LogP contribution in [0, 0.1) is 5.92 Å². The van der Waals surface area contributed by atoms with Gasteiger partial charge in [-0.05, 0) is 62.6 Å². The molecule has 1 unspecified atom stereocenters. The molecule has 10 nitrogen and oxygen atoms in total. The summed E-state index contributed by atoms with van der Waals surface area (Å²) in [6, 6.07) is 13.0. The summed E-state index contributed by atoms with van der Waals surface area (Å²) in [5.41, 5.74) is 0.620. The van der Waals surface area contributed by atoms with Gasteiger partial charge in [0.1, 0.15) is 24.8 Å². The van der Waals surface area contributed by atoms with Gasteiger partial charge in [0.05, 0.1) is 5.56 Å². The Morgan fingerprint density at radius 1 is 1.08 bits per heavy atom. The second-order valence-corrected chi connectivity index (χ2v) is 11.3. The normalized spacial score (nSPS) is 18.4. The molecule has 2 aliphatic heterocycles. The Bertz CT molecular complexity index is 1440. The maximum absolute atomic E-state index is 13.2. The molecule has 194 valence electrons. The number of nitrogens with zero attached hydrogens (tertiary/aromatic N) is 3. The monoisotopic (exact) mass is 523 g/mol. The standard InChI is InChI=1S/C26H29N5O5S/c1-17-11-13-31(26(17,2)3)24-19(6-5-12-27-24)25(32)30-37(33,34)23-8-4-7-22(29-23)28-18-9-10-20-21(16-18)36-15-14-35-20/h4-10,12,16-17H,11,13-15H2,1-3H3,(H,28,29)(H,30,32). The number of sulfonamides is 1. The Kier molecular flexibility index (Phi) is 6.40. The summed E-state index contributed by atoms with van der Waals surface area (Å²) in [4.78, 5) is 23.9. The number of ether oxygens (including phenoxy) is 2. The van der Waals surface area contributed by atoms with E-state index in [1.54, 1.807) is 48.7 Å². The van der Waals surface area contributed by atoms with Gasteiger partial charge in [-0.1, -0.05) is 13.0 Å². The van der Waals surface area contributed by atoms with E-state index in [0.29, 0.717) is 48.0 Å². The first-order valence-corrected chi connectivity index (χ1v) is 13.6. The number of anilines is 3. The summed E-state index contributed by atoms with van der Waals surface area (Å²) in [6.07, 6.45) is 2.56. The number of fused-ring (bicyclic) bond motifs is 1. The van der Waals surface area contributed by atoms with Crippen molar-refractivity contribution >= 4 is 33.3 Å². The van der Waals surface area contributed by atoms with Crippen molar-refractivity contribution in [2.75, 3.05) is 30.0 Å². The van der Waals surface area contributed by atoms with Crippen molar-refractivity contribution < 1.29 is 22.7 Å². The number of aromatic nitrogens is 2. The van der Waals surface area contributed by atoms with Crippen LogP contribution in [0.3, 0.4) is 0 Å². The van der Waals surface area contributed by atoms with E-state index in [2.05, 4.69) is 45.7 Å². The van der Waals surface area contributed by atoms with Gasteiger partial charge in [0.2, 0.25) is 0 Å². The first-order valence-electron chi connectivity index (χ1n) is 12.1. The van der Waals surface area contributed by atoms with Crippen LogP contribution in [0.2, 0.25) is 0 Å². The minimum absolute atomic E-state index is 0.193. The number of pyridine rings is 2. The average Bonchev–Trinajstić information content (AvgIpc) is 3.15. The Morgan fingerprint density at radius 3 is 2.62 bits per heavy atom. The third-order valence-electron chi connectivity index (χ3n) is 7.01. The largest absolute Gasteiger partial charge is 0.486 e. The molecule has 0 spiro atoms. The molecule has 37 heavy (non-hydrogen) atoms. The molecule has 0 saturated carbocycles. The molecule has 0 aliphatic carbocycles. The molecule has 5 rings (SSSR count). The van der Waals surface area contributed by atoms with E-state index < -0.39 is 15.9 Å². The van der Waals surface area contributed by atoms with E-state index >= 15 is 0 Å². The molecule has 2 aromatic heterocycles. The fraction of sp³-hybridized carbons (Fsp3) is 0.346. The maximum atomic E-state index is 13.2. The molecule has 1 saturated heterocycles. The van der Waals surface area contributed by atoms with Crippen LogP contribution in [0.15, 0.2) is 59.8 Å². The summed E-state index contributed by atoms with van der Waals surface area (Å²) < 4.78 is 39.5. The number of carbonyl (C=O) groups excluding carboxylic acids is 1. The third-order valence-corrected chi connectivity index (χ3v) is 8.25. The summed E-state index contributed by atoms with van der Waals surface area (Å²) in [6.45, 7) is 8.03. The lowest BCUT2D eigenvalue weighted by Gasteiger charge is -2.36. The number of carbonyl (C=O) groups is 1. The smallest absolute Gasteiger partial charge is 0.281 e. The van der Waals surface area contributed by atoms with Crippen molar-refractivity contribution in [3.05, 3.63) is 60.3 Å². The summed E-state index contributed by atoms with van der Waals surface area (Å²) >= 11 is 0. The third kappa shape index (κ3) is 4.91. The Balaban J connectivity index is 1.36. The van der Waals surface area contributed by atoms with Gasteiger partial charge in [0, 0.05) is 30.0 Å². The minimum Gasteiger partial charge on any atom is -0.486 e. The second kappa shape index (κ2) is 9.55. The fourth-order valence-corrected chi connectivity index (χ4v) is 5.47. The predicted molar refractivity (Wildman–Crippen MR) is 139 cm³/mol. The van der Waals surface area contributed by atoms with Crippen molar-refractivity contribution in [1.29, 1.82) is 0 Å². The zero-order chi connectivity index (χ0) is 26.2. The number of hydrogen-bond acceptors (Lipinski definition) is 9. The highest BCUT2D eigenvalue weighted by molar-refractivity contribution is 7.90. The number of rotatable bonds is 6. The van der Waals surface area contributed by atoms with Crippen LogP contribution in [0.4, 0.5) is 17.3 Å². The van der Waals surface area contributed by atoms with Crippen LogP contribution in [0.1, 0.15) is 37.6 Å². The molecule has 0 bridgehead atoms. The predicted octanol–water partition coefficient (Wildman–Crippen LogP) is 3.73. The molecule has 3 aromatic rings. The highest BCUT2D eigenvalue weighted by Gasteiger charge is 2.40. The van der Waals surface area contributed by atoms with Crippen LogP contribution in [0.25, 0.3) is 0 Å². The van der Waals surface area contributed by atoms with Crippen LogP contribution in [-0.4, -0.2) is 49.6 Å². The van der Waals surface area contributed by atoms with Gasteiger partial charge in [0.15, 0.2) is 16.5 Å². The van der Waals surface area contributed by atoms with E-state index in [-0.39, 0.29) is 16.1 Å². The molecule has 2 N–H and O–H groups in total. The van der Waals surface area contributed by atoms with E-state index in [1.165, 1.54) is 6.07 Å². The summed E-state index contributed by atoms with van der Waals surface area (Å²) in [5, 5.41) is 2.78. The van der Waals surface area contributed by atoms with Crippen molar-refractivity contribution in [3.63, 3.8) is 0 Å². The Labute approximate surface area is 216 Å². The van der Waals surface area contributed by atoms with Crippen LogP contribution in [0.5, 0.6) is 11.5 Å². The molecule has 4 heterocycles. The lowest BCUT2D eigenvalue weighted by molar-refractivity contribution is 0.0981. The van der Waals surface area contributed by atoms with E-state index in [9.17, 15) is 13.2 Å². The van der Waals surface area contributed by atoms with Gasteiger partial charge < -0.3 is 19.7 Å². The molecular weight excluding hydrogens is 494 g/mol. The zero-order valence-electron chi connectivity index (χ0n) is 20.9. The van der Waals surface area contributed by atoms with Gasteiger partial charge in [-0.2, -0.15) is 8.42 Å². The molecule has 1 atom stereocenters. The minimum atomic E-state index is -4.26. The van der Waals surface area contributed by atoms with E-state index in [1.807, 2.05) is 0 Å². The lowest BCUT2D eigenvalue weighted by Crippen LogP contribution is -2.43. The quantitative estimate of drug-likeness (QED) is 0.497. The Hall–Kier alpha value is -3.86. The highest BCUT2D eigenvalue weighted by atomic mass is 32.2. The molecule has 2 aliphatic rings. The van der Waals surface area contributed by atoms with Gasteiger partial charge in [-0.25, -0.2) is 14.7 Å². The summed E-state index contributed by atoms with van der Waals surface area (Å²) in [5.74, 6) is 1.63. The van der Waals surface area contributed by atoms with Gasteiger partial charge in [-0.3, -0.25) is 4.79 Å². The van der Waals surface area contributed by atoms with Crippen LogP contribution < -0.4 is 24.4 Å². The number of hydrogen-bond donors (Lipinski definition) is 2. The molecule has 1 aromatic carbocycles. The van der Waals surface area contributed by atoms with Crippen molar-refractivity contribution in [1.82, 2.24) is 14.7 Å². The number of benzene rings is 1. The second-order valence-electron chi connectivity index (χ2n) is 9.65. The van der Waals surface area contributed by atoms with Crippen molar-refractivity contribution in [2.45, 2.75) is 37.8 Å². The molecule has 1 fully saturated rings. The fourth-order valence-electron chi connectivity index (χ4n) is 4.53. The lowest BCUT2D eigenvalue weighted by atomic mass is 9.90. The molecular formula is C26H29N5O5S. The number of nitrogens with one attached hydrogen (secondary N) is 2. The highest BCUT2D eigenvalue weighted by Crippen LogP contribution is 2.38. The SMILES string of the molecule is CC1CCN(c2ncccc2C(=O)NS(=O)(=O)c2cccc(Nc3ccc4c(c3)OCCO4)n2)C1(C)C. The first-order chi connectivity index (χ1) is 17.6. The number of amides is 1.